The Bertz CT molecular complexity index is 505. The highest BCUT2D eigenvalue weighted by Crippen LogP contribution is 2.25. The molecule has 2 aromatic heterocycles. The summed E-state index contributed by atoms with van der Waals surface area (Å²) in [5.41, 5.74) is 0.923. The van der Waals surface area contributed by atoms with E-state index in [1.165, 1.54) is 6.42 Å². The van der Waals surface area contributed by atoms with Gasteiger partial charge in [-0.2, -0.15) is 5.10 Å². The second kappa shape index (κ2) is 4.29. The summed E-state index contributed by atoms with van der Waals surface area (Å²) in [6.07, 6.45) is 7.19. The van der Waals surface area contributed by atoms with Gasteiger partial charge in [0, 0.05) is 21.8 Å². The highest BCUT2D eigenvalue weighted by atomic mass is 127. The fourth-order valence-corrected chi connectivity index (χ4v) is 2.52. The summed E-state index contributed by atoms with van der Waals surface area (Å²) >= 11 is 2.26. The average Bonchev–Trinajstić information content (AvgIpc) is 2.73. The Kier molecular flexibility index (Phi) is 2.81. The van der Waals surface area contributed by atoms with Crippen molar-refractivity contribution in [1.82, 2.24) is 14.8 Å². The zero-order chi connectivity index (χ0) is 11.0. The predicted octanol–water partition coefficient (Wildman–Crippen LogP) is 2.74. The number of aromatic nitrogens is 3. The third-order valence-corrected chi connectivity index (χ3v) is 3.42. The molecule has 2 aromatic rings. The fraction of sp³-hybridized carbons (Fsp3) is 0.455. The number of fused-ring (bicyclic) bond motifs is 1. The standard InChI is InChI=1S/C11H12IN3O/c12-9-5-8-6-14-15(11(8)13-7-9)10-3-1-2-4-16-10/h5-7,10H,1-4H2. The molecule has 5 heteroatoms. The summed E-state index contributed by atoms with van der Waals surface area (Å²) < 4.78 is 8.76. The molecule has 0 saturated carbocycles. The van der Waals surface area contributed by atoms with Gasteiger partial charge < -0.3 is 4.74 Å². The van der Waals surface area contributed by atoms with Gasteiger partial charge in [-0.05, 0) is 47.9 Å². The van der Waals surface area contributed by atoms with Crippen molar-refractivity contribution in [2.75, 3.05) is 6.61 Å². The van der Waals surface area contributed by atoms with E-state index in [4.69, 9.17) is 4.74 Å². The van der Waals surface area contributed by atoms with Gasteiger partial charge >= 0.3 is 0 Å². The van der Waals surface area contributed by atoms with Crippen molar-refractivity contribution in [2.24, 2.45) is 0 Å². The van der Waals surface area contributed by atoms with Gasteiger partial charge in [0.15, 0.2) is 11.9 Å². The molecule has 0 spiro atoms. The Balaban J connectivity index is 2.03. The van der Waals surface area contributed by atoms with E-state index < -0.39 is 0 Å². The van der Waals surface area contributed by atoms with Crippen molar-refractivity contribution in [3.05, 3.63) is 22.0 Å². The summed E-state index contributed by atoms with van der Waals surface area (Å²) in [7, 11) is 0. The van der Waals surface area contributed by atoms with E-state index >= 15 is 0 Å². The van der Waals surface area contributed by atoms with Gasteiger partial charge in [-0.1, -0.05) is 0 Å². The van der Waals surface area contributed by atoms with Crippen molar-refractivity contribution in [2.45, 2.75) is 25.5 Å². The number of pyridine rings is 1. The van der Waals surface area contributed by atoms with Crippen LogP contribution in [0.15, 0.2) is 18.5 Å². The highest BCUT2D eigenvalue weighted by molar-refractivity contribution is 14.1. The molecule has 0 aliphatic carbocycles. The third kappa shape index (κ3) is 1.82. The fourth-order valence-electron chi connectivity index (χ4n) is 2.04. The maximum atomic E-state index is 5.72. The van der Waals surface area contributed by atoms with E-state index in [2.05, 4.69) is 38.7 Å². The first-order chi connectivity index (χ1) is 7.84. The minimum Gasteiger partial charge on any atom is -0.356 e. The lowest BCUT2D eigenvalue weighted by Gasteiger charge is -2.22. The highest BCUT2D eigenvalue weighted by Gasteiger charge is 2.18. The molecule has 4 nitrogen and oxygen atoms in total. The van der Waals surface area contributed by atoms with Crippen LogP contribution < -0.4 is 0 Å². The molecule has 1 unspecified atom stereocenters. The first-order valence-corrected chi connectivity index (χ1v) is 6.53. The monoisotopic (exact) mass is 329 g/mol. The number of hydrogen-bond donors (Lipinski definition) is 0. The molecule has 3 rings (SSSR count). The van der Waals surface area contributed by atoms with Gasteiger partial charge in [0.05, 0.1) is 6.20 Å². The van der Waals surface area contributed by atoms with Crippen LogP contribution in [0.1, 0.15) is 25.5 Å². The maximum Gasteiger partial charge on any atom is 0.160 e. The largest absolute Gasteiger partial charge is 0.356 e. The molecule has 1 fully saturated rings. The smallest absolute Gasteiger partial charge is 0.160 e. The van der Waals surface area contributed by atoms with Crippen molar-refractivity contribution in [1.29, 1.82) is 0 Å². The first kappa shape index (κ1) is 10.5. The van der Waals surface area contributed by atoms with E-state index in [1.54, 1.807) is 0 Å². The Labute approximate surface area is 107 Å². The SMILES string of the molecule is Ic1cnc2c(cnn2C2CCCCO2)c1. The van der Waals surface area contributed by atoms with Crippen LogP contribution in [0.2, 0.25) is 0 Å². The van der Waals surface area contributed by atoms with Gasteiger partial charge in [0.2, 0.25) is 0 Å². The molecule has 0 amide bonds. The van der Waals surface area contributed by atoms with Crippen molar-refractivity contribution in [3.8, 4) is 0 Å². The number of nitrogens with zero attached hydrogens (tertiary/aromatic N) is 3. The van der Waals surface area contributed by atoms with Crippen LogP contribution in [-0.2, 0) is 4.74 Å². The van der Waals surface area contributed by atoms with E-state index in [9.17, 15) is 0 Å². The van der Waals surface area contributed by atoms with E-state index in [-0.39, 0.29) is 6.23 Å². The molecule has 0 aromatic carbocycles. The zero-order valence-corrected chi connectivity index (χ0v) is 10.9. The van der Waals surface area contributed by atoms with Gasteiger partial charge in [-0.3, -0.25) is 0 Å². The van der Waals surface area contributed by atoms with Crippen LogP contribution in [0.3, 0.4) is 0 Å². The molecule has 1 aliphatic rings. The number of ether oxygens (including phenoxy) is 1. The zero-order valence-electron chi connectivity index (χ0n) is 8.77. The minimum atomic E-state index is 0.0683. The number of halogens is 1. The molecular formula is C11H12IN3O. The first-order valence-electron chi connectivity index (χ1n) is 5.45. The van der Waals surface area contributed by atoms with E-state index in [1.807, 2.05) is 17.1 Å². The molecule has 3 heterocycles. The second-order valence-corrected chi connectivity index (χ2v) is 5.22. The number of hydrogen-bond acceptors (Lipinski definition) is 3. The van der Waals surface area contributed by atoms with Crippen LogP contribution >= 0.6 is 22.6 Å². The minimum absolute atomic E-state index is 0.0683. The summed E-state index contributed by atoms with van der Waals surface area (Å²) in [6.45, 7) is 0.830. The van der Waals surface area contributed by atoms with E-state index in [0.29, 0.717) is 0 Å². The van der Waals surface area contributed by atoms with Crippen LogP contribution in [0.25, 0.3) is 11.0 Å². The molecule has 0 radical (unpaired) electrons. The quantitative estimate of drug-likeness (QED) is 0.756. The third-order valence-electron chi connectivity index (χ3n) is 2.83. The van der Waals surface area contributed by atoms with Crippen molar-refractivity contribution in [3.63, 3.8) is 0 Å². The lowest BCUT2D eigenvalue weighted by Crippen LogP contribution is -2.19. The van der Waals surface area contributed by atoms with Gasteiger partial charge in [-0.25, -0.2) is 9.67 Å². The molecule has 1 saturated heterocycles. The lowest BCUT2D eigenvalue weighted by molar-refractivity contribution is -0.0370. The Morgan fingerprint density at radius 2 is 2.31 bits per heavy atom. The Hall–Kier alpha value is -0.690. The summed E-state index contributed by atoms with van der Waals surface area (Å²) in [5, 5.41) is 5.47. The molecule has 0 N–H and O–H groups in total. The van der Waals surface area contributed by atoms with Crippen LogP contribution in [-0.4, -0.2) is 21.4 Å². The molecule has 16 heavy (non-hydrogen) atoms. The molecule has 0 bridgehead atoms. The number of rotatable bonds is 1. The normalized spacial score (nSPS) is 21.4. The average molecular weight is 329 g/mol. The summed E-state index contributed by atoms with van der Waals surface area (Å²) in [6, 6.07) is 2.09. The molecule has 1 aliphatic heterocycles. The topological polar surface area (TPSA) is 39.9 Å². The van der Waals surface area contributed by atoms with Crippen LogP contribution in [0.4, 0.5) is 0 Å². The summed E-state index contributed by atoms with van der Waals surface area (Å²) in [4.78, 5) is 4.43. The van der Waals surface area contributed by atoms with Gasteiger partial charge in [0.1, 0.15) is 0 Å². The van der Waals surface area contributed by atoms with Crippen molar-refractivity contribution < 1.29 is 4.74 Å². The maximum absolute atomic E-state index is 5.72. The second-order valence-electron chi connectivity index (χ2n) is 3.98. The lowest BCUT2D eigenvalue weighted by atomic mass is 10.2. The van der Waals surface area contributed by atoms with Crippen molar-refractivity contribution >= 4 is 33.6 Å². The molecular weight excluding hydrogens is 317 g/mol. The van der Waals surface area contributed by atoms with Gasteiger partial charge in [-0.15, -0.1) is 0 Å². The predicted molar refractivity (Wildman–Crippen MR) is 69.1 cm³/mol. The molecule has 84 valence electrons. The Morgan fingerprint density at radius 1 is 1.38 bits per heavy atom. The van der Waals surface area contributed by atoms with Crippen LogP contribution in [0, 0.1) is 3.57 Å². The Morgan fingerprint density at radius 3 is 3.12 bits per heavy atom. The van der Waals surface area contributed by atoms with Gasteiger partial charge in [0.25, 0.3) is 0 Å². The molecule has 1 atom stereocenters. The van der Waals surface area contributed by atoms with E-state index in [0.717, 1.165) is 34.1 Å². The van der Waals surface area contributed by atoms with Crippen LogP contribution in [0.5, 0.6) is 0 Å². The summed E-state index contributed by atoms with van der Waals surface area (Å²) in [5.74, 6) is 0.